The second-order valence-corrected chi connectivity index (χ2v) is 5.91. The summed E-state index contributed by atoms with van der Waals surface area (Å²) < 4.78 is 10.9. The molecule has 22 heavy (non-hydrogen) atoms. The molecule has 2 rings (SSSR count). The Morgan fingerprint density at radius 1 is 1.32 bits per heavy atom. The largest absolute Gasteiger partial charge is 0.493 e. The summed E-state index contributed by atoms with van der Waals surface area (Å²) in [5, 5.41) is 11.7. The minimum atomic E-state index is -1.10. The fourth-order valence-corrected chi connectivity index (χ4v) is 1.99. The minimum absolute atomic E-state index is 0.348. The van der Waals surface area contributed by atoms with Crippen molar-refractivity contribution in [1.29, 1.82) is 0 Å². The van der Waals surface area contributed by atoms with Crippen LogP contribution in [0.4, 0.5) is 0 Å². The Morgan fingerprint density at radius 2 is 2.00 bits per heavy atom. The first-order chi connectivity index (χ1) is 10.4. The Bertz CT molecular complexity index is 578. The maximum Gasteiger partial charge on any atom is 0.329 e. The fraction of sp³-hybridized carbons (Fsp3) is 0.500. The Morgan fingerprint density at radius 3 is 2.50 bits per heavy atom. The predicted molar refractivity (Wildman–Crippen MR) is 80.4 cm³/mol. The molecule has 1 saturated carbocycles. The van der Waals surface area contributed by atoms with Gasteiger partial charge >= 0.3 is 5.97 Å². The van der Waals surface area contributed by atoms with Crippen LogP contribution in [0.15, 0.2) is 18.2 Å². The summed E-state index contributed by atoms with van der Waals surface area (Å²) in [6.45, 7) is 4.62. The van der Waals surface area contributed by atoms with Crippen LogP contribution in [0, 0.1) is 5.92 Å². The van der Waals surface area contributed by atoms with E-state index in [0.29, 0.717) is 42.4 Å². The molecule has 6 nitrogen and oxygen atoms in total. The number of nitrogens with one attached hydrogen (secondary N) is 1. The summed E-state index contributed by atoms with van der Waals surface area (Å²) in [4.78, 5) is 23.3. The highest BCUT2D eigenvalue weighted by molar-refractivity contribution is 5.99. The van der Waals surface area contributed by atoms with Gasteiger partial charge in [-0.2, -0.15) is 0 Å². The molecule has 2 N–H and O–H groups in total. The zero-order chi connectivity index (χ0) is 16.3. The molecule has 6 heteroatoms. The first kappa shape index (κ1) is 16.1. The van der Waals surface area contributed by atoms with Crippen molar-refractivity contribution in [2.75, 3.05) is 13.7 Å². The van der Waals surface area contributed by atoms with E-state index in [4.69, 9.17) is 14.6 Å². The molecule has 0 radical (unpaired) electrons. The number of hydrogen-bond acceptors (Lipinski definition) is 4. The van der Waals surface area contributed by atoms with E-state index in [1.165, 1.54) is 7.11 Å². The summed E-state index contributed by atoms with van der Waals surface area (Å²) in [6, 6.07) is 4.82. The molecule has 0 saturated heterocycles. The third kappa shape index (κ3) is 3.50. The zero-order valence-corrected chi connectivity index (χ0v) is 13.0. The van der Waals surface area contributed by atoms with Crippen LogP contribution in [0.1, 0.15) is 37.0 Å². The topological polar surface area (TPSA) is 84.9 Å². The van der Waals surface area contributed by atoms with Crippen LogP contribution in [0.25, 0.3) is 0 Å². The number of carbonyl (C=O) groups excluding carboxylic acids is 1. The quantitative estimate of drug-likeness (QED) is 0.805. The second kappa shape index (κ2) is 6.25. The number of carbonyl (C=O) groups is 2. The van der Waals surface area contributed by atoms with E-state index < -0.39 is 17.4 Å². The molecule has 120 valence electrons. The van der Waals surface area contributed by atoms with Gasteiger partial charge in [0.2, 0.25) is 0 Å². The molecular formula is C16H21NO5. The van der Waals surface area contributed by atoms with Crippen LogP contribution in [-0.4, -0.2) is 36.2 Å². The number of benzene rings is 1. The van der Waals surface area contributed by atoms with Crippen molar-refractivity contribution in [2.45, 2.75) is 32.2 Å². The molecule has 1 aromatic carbocycles. The normalized spacial score (nSPS) is 15.3. The number of ether oxygens (including phenoxy) is 2. The number of hydrogen-bond donors (Lipinski definition) is 2. The van der Waals surface area contributed by atoms with Crippen LogP contribution in [0.5, 0.6) is 11.5 Å². The molecule has 0 unspecified atom stereocenters. The van der Waals surface area contributed by atoms with Crippen molar-refractivity contribution < 1.29 is 24.2 Å². The number of carboxylic acid groups (broad SMARTS) is 1. The van der Waals surface area contributed by atoms with Crippen LogP contribution in [-0.2, 0) is 4.79 Å². The van der Waals surface area contributed by atoms with Gasteiger partial charge in [-0.1, -0.05) is 13.8 Å². The summed E-state index contributed by atoms with van der Waals surface area (Å²) >= 11 is 0. The Balaban J connectivity index is 2.11. The molecule has 0 heterocycles. The van der Waals surface area contributed by atoms with E-state index in [0.717, 1.165) is 0 Å². The van der Waals surface area contributed by atoms with Gasteiger partial charge in [-0.25, -0.2) is 4.79 Å². The number of amides is 1. The lowest BCUT2D eigenvalue weighted by Gasteiger charge is -2.15. The SMILES string of the molecule is COc1cc(C(=O)NC2(C(=O)O)CC2)ccc1OCC(C)C. The Labute approximate surface area is 129 Å². The molecule has 1 aliphatic carbocycles. The van der Waals surface area contributed by atoms with Crippen molar-refractivity contribution in [2.24, 2.45) is 5.92 Å². The molecule has 0 bridgehead atoms. The highest BCUT2D eigenvalue weighted by Gasteiger charge is 2.51. The predicted octanol–water partition coefficient (Wildman–Crippen LogP) is 2.08. The molecule has 0 atom stereocenters. The molecule has 1 aromatic rings. The first-order valence-electron chi connectivity index (χ1n) is 7.25. The number of aliphatic carboxylic acids is 1. The lowest BCUT2D eigenvalue weighted by Crippen LogP contribution is -2.43. The first-order valence-corrected chi connectivity index (χ1v) is 7.25. The van der Waals surface area contributed by atoms with Gasteiger partial charge in [-0.15, -0.1) is 0 Å². The summed E-state index contributed by atoms with van der Waals surface area (Å²) in [6.07, 6.45) is 0.918. The average molecular weight is 307 g/mol. The van der Waals surface area contributed by atoms with Gasteiger partial charge in [-0.05, 0) is 37.0 Å². The molecule has 1 aliphatic rings. The number of methoxy groups -OCH3 is 1. The van der Waals surface area contributed by atoms with Crippen LogP contribution < -0.4 is 14.8 Å². The molecule has 0 aliphatic heterocycles. The van der Waals surface area contributed by atoms with E-state index >= 15 is 0 Å². The van der Waals surface area contributed by atoms with E-state index in [2.05, 4.69) is 5.32 Å². The third-order valence-corrected chi connectivity index (χ3v) is 3.51. The van der Waals surface area contributed by atoms with Crippen molar-refractivity contribution in [1.82, 2.24) is 5.32 Å². The molecule has 1 fully saturated rings. The summed E-state index contributed by atoms with van der Waals surface area (Å²) in [7, 11) is 1.50. The van der Waals surface area contributed by atoms with Crippen LogP contribution in [0.2, 0.25) is 0 Å². The fourth-order valence-electron chi connectivity index (χ4n) is 1.99. The standard InChI is InChI=1S/C16H21NO5/c1-10(2)9-22-12-5-4-11(8-13(12)21-3)14(18)17-16(6-7-16)15(19)20/h4-5,8,10H,6-7,9H2,1-3H3,(H,17,18)(H,19,20). The van der Waals surface area contributed by atoms with Crippen LogP contribution >= 0.6 is 0 Å². The van der Waals surface area contributed by atoms with Gasteiger partial charge in [0.15, 0.2) is 11.5 Å². The summed E-state index contributed by atoms with van der Waals surface area (Å²) in [5.74, 6) is -0.0307. The van der Waals surface area contributed by atoms with Crippen molar-refractivity contribution in [3.8, 4) is 11.5 Å². The lowest BCUT2D eigenvalue weighted by molar-refractivity contribution is -0.140. The van der Waals surface area contributed by atoms with Gasteiger partial charge in [0, 0.05) is 5.56 Å². The van der Waals surface area contributed by atoms with Crippen LogP contribution in [0.3, 0.4) is 0 Å². The number of rotatable bonds is 7. The van der Waals surface area contributed by atoms with Crippen molar-refractivity contribution in [3.05, 3.63) is 23.8 Å². The Hall–Kier alpha value is -2.24. The van der Waals surface area contributed by atoms with E-state index in [-0.39, 0.29) is 0 Å². The third-order valence-electron chi connectivity index (χ3n) is 3.51. The maximum absolute atomic E-state index is 12.2. The van der Waals surface area contributed by atoms with E-state index in [1.54, 1.807) is 18.2 Å². The highest BCUT2D eigenvalue weighted by Crippen LogP contribution is 2.36. The van der Waals surface area contributed by atoms with E-state index in [1.807, 2.05) is 13.8 Å². The second-order valence-electron chi connectivity index (χ2n) is 5.91. The maximum atomic E-state index is 12.2. The van der Waals surface area contributed by atoms with E-state index in [9.17, 15) is 9.59 Å². The van der Waals surface area contributed by atoms with Gasteiger partial charge in [0.1, 0.15) is 5.54 Å². The zero-order valence-electron chi connectivity index (χ0n) is 13.0. The van der Waals surface area contributed by atoms with Crippen molar-refractivity contribution in [3.63, 3.8) is 0 Å². The van der Waals surface area contributed by atoms with Gasteiger partial charge in [0.25, 0.3) is 5.91 Å². The van der Waals surface area contributed by atoms with Gasteiger partial charge in [0.05, 0.1) is 13.7 Å². The van der Waals surface area contributed by atoms with Gasteiger partial charge < -0.3 is 19.9 Å². The summed E-state index contributed by atoms with van der Waals surface area (Å²) in [5.41, 5.74) is -0.752. The molecular weight excluding hydrogens is 286 g/mol. The number of carboxylic acids is 1. The Kier molecular flexibility index (Phi) is 4.59. The lowest BCUT2D eigenvalue weighted by atomic mass is 10.1. The molecule has 0 spiro atoms. The monoisotopic (exact) mass is 307 g/mol. The molecule has 1 amide bonds. The minimum Gasteiger partial charge on any atom is -0.493 e. The van der Waals surface area contributed by atoms with Crippen molar-refractivity contribution >= 4 is 11.9 Å². The smallest absolute Gasteiger partial charge is 0.329 e. The van der Waals surface area contributed by atoms with Gasteiger partial charge in [-0.3, -0.25) is 4.79 Å². The highest BCUT2D eigenvalue weighted by atomic mass is 16.5. The molecule has 0 aromatic heterocycles. The average Bonchev–Trinajstić information content (AvgIpc) is 3.25.